The Morgan fingerprint density at radius 2 is 2.06 bits per heavy atom. The van der Waals surface area contributed by atoms with E-state index in [-0.39, 0.29) is 6.54 Å². The van der Waals surface area contributed by atoms with E-state index in [4.69, 9.17) is 10.2 Å². The minimum Gasteiger partial charge on any atom is -0.481 e. The molecule has 0 aromatic carbocycles. The molecule has 106 valence electrons. The second-order valence-corrected chi connectivity index (χ2v) is 7.18. The molecule has 1 saturated carbocycles. The zero-order chi connectivity index (χ0) is 13.9. The standard InChI is InChI=1S/C11H21NO5S/c1-8(13)6-7-12(2)18(16,17)10-5-3-4-9(10)11(14)15/h8-10,13H,3-7H2,1-2H3,(H,14,15). The number of aliphatic hydroxyl groups excluding tert-OH is 1. The summed E-state index contributed by atoms with van der Waals surface area (Å²) in [5, 5.41) is 17.4. The number of carbonyl (C=O) groups is 1. The molecule has 1 aliphatic rings. The Hall–Kier alpha value is -0.660. The van der Waals surface area contributed by atoms with Crippen molar-refractivity contribution in [1.29, 1.82) is 0 Å². The molecule has 0 aromatic heterocycles. The fraction of sp³-hybridized carbons (Fsp3) is 0.909. The molecule has 2 N–H and O–H groups in total. The highest BCUT2D eigenvalue weighted by molar-refractivity contribution is 7.89. The maximum atomic E-state index is 12.2. The fourth-order valence-electron chi connectivity index (χ4n) is 2.29. The van der Waals surface area contributed by atoms with E-state index in [1.54, 1.807) is 6.92 Å². The third-order valence-corrected chi connectivity index (χ3v) is 5.83. The van der Waals surface area contributed by atoms with Gasteiger partial charge in [-0.25, -0.2) is 12.7 Å². The van der Waals surface area contributed by atoms with Crippen LogP contribution in [-0.2, 0) is 14.8 Å². The van der Waals surface area contributed by atoms with Crippen LogP contribution in [0.3, 0.4) is 0 Å². The molecule has 0 aliphatic heterocycles. The third-order valence-electron chi connectivity index (χ3n) is 3.45. The van der Waals surface area contributed by atoms with Gasteiger partial charge in [-0.05, 0) is 26.2 Å². The summed E-state index contributed by atoms with van der Waals surface area (Å²) in [6.45, 7) is 1.80. The zero-order valence-electron chi connectivity index (χ0n) is 10.7. The van der Waals surface area contributed by atoms with Gasteiger partial charge >= 0.3 is 5.97 Å². The maximum absolute atomic E-state index is 12.2. The van der Waals surface area contributed by atoms with Crippen molar-refractivity contribution in [1.82, 2.24) is 4.31 Å². The minimum atomic E-state index is -3.59. The summed E-state index contributed by atoms with van der Waals surface area (Å²) in [6.07, 6.45) is 1.23. The molecule has 18 heavy (non-hydrogen) atoms. The predicted molar refractivity (Wildman–Crippen MR) is 66.6 cm³/mol. The Morgan fingerprint density at radius 3 is 2.56 bits per heavy atom. The van der Waals surface area contributed by atoms with Crippen LogP contribution >= 0.6 is 0 Å². The third kappa shape index (κ3) is 3.43. The molecule has 0 heterocycles. The summed E-state index contributed by atoms with van der Waals surface area (Å²) in [7, 11) is -2.15. The summed E-state index contributed by atoms with van der Waals surface area (Å²) in [5.41, 5.74) is 0. The smallest absolute Gasteiger partial charge is 0.307 e. The first-order chi connectivity index (χ1) is 8.26. The van der Waals surface area contributed by atoms with E-state index in [1.165, 1.54) is 11.4 Å². The van der Waals surface area contributed by atoms with E-state index < -0.39 is 33.3 Å². The highest BCUT2D eigenvalue weighted by Crippen LogP contribution is 2.32. The molecular weight excluding hydrogens is 258 g/mol. The van der Waals surface area contributed by atoms with Crippen molar-refractivity contribution < 1.29 is 23.4 Å². The number of rotatable bonds is 6. The molecule has 1 aliphatic carbocycles. The van der Waals surface area contributed by atoms with Crippen LogP contribution in [0.15, 0.2) is 0 Å². The Morgan fingerprint density at radius 1 is 1.44 bits per heavy atom. The lowest BCUT2D eigenvalue weighted by Gasteiger charge is -2.24. The number of hydrogen-bond donors (Lipinski definition) is 2. The Kier molecular flexibility index (Phi) is 5.12. The van der Waals surface area contributed by atoms with E-state index in [0.29, 0.717) is 25.7 Å². The van der Waals surface area contributed by atoms with Gasteiger partial charge in [0.05, 0.1) is 17.3 Å². The number of aliphatic carboxylic acids is 1. The summed E-state index contributed by atoms with van der Waals surface area (Å²) < 4.78 is 25.7. The number of hydrogen-bond acceptors (Lipinski definition) is 4. The number of carboxylic acids is 1. The van der Waals surface area contributed by atoms with Gasteiger partial charge < -0.3 is 10.2 Å². The summed E-state index contributed by atoms with van der Waals surface area (Å²) in [5.74, 6) is -1.84. The maximum Gasteiger partial charge on any atom is 0.307 e. The molecule has 1 rings (SSSR count). The van der Waals surface area contributed by atoms with E-state index in [2.05, 4.69) is 0 Å². The van der Waals surface area contributed by atoms with Gasteiger partial charge in [-0.2, -0.15) is 0 Å². The lowest BCUT2D eigenvalue weighted by Crippen LogP contribution is -2.41. The second-order valence-electron chi connectivity index (χ2n) is 4.92. The molecule has 3 atom stereocenters. The lowest BCUT2D eigenvalue weighted by atomic mass is 10.1. The minimum absolute atomic E-state index is 0.211. The topological polar surface area (TPSA) is 94.9 Å². The van der Waals surface area contributed by atoms with Gasteiger partial charge in [-0.15, -0.1) is 0 Å². The SMILES string of the molecule is CC(O)CCN(C)S(=O)(=O)C1CCCC1C(=O)O. The molecule has 0 spiro atoms. The lowest BCUT2D eigenvalue weighted by molar-refractivity contribution is -0.141. The molecule has 1 fully saturated rings. The summed E-state index contributed by atoms with van der Waals surface area (Å²) >= 11 is 0. The van der Waals surface area contributed by atoms with E-state index in [1.807, 2.05) is 0 Å². The molecule has 0 aromatic rings. The van der Waals surface area contributed by atoms with Crippen molar-refractivity contribution >= 4 is 16.0 Å². The Bertz CT molecular complexity index is 392. The first-order valence-electron chi connectivity index (χ1n) is 6.13. The van der Waals surface area contributed by atoms with E-state index >= 15 is 0 Å². The molecular formula is C11H21NO5S. The van der Waals surface area contributed by atoms with E-state index in [9.17, 15) is 13.2 Å². The monoisotopic (exact) mass is 279 g/mol. The number of sulfonamides is 1. The van der Waals surface area contributed by atoms with Crippen LogP contribution in [0.5, 0.6) is 0 Å². The van der Waals surface area contributed by atoms with Crippen LogP contribution in [0.25, 0.3) is 0 Å². The number of aliphatic hydroxyl groups is 1. The van der Waals surface area contributed by atoms with Gasteiger partial charge in [-0.1, -0.05) is 6.42 Å². The van der Waals surface area contributed by atoms with Gasteiger partial charge in [0, 0.05) is 13.6 Å². The quantitative estimate of drug-likeness (QED) is 0.728. The Labute approximate surface area is 108 Å². The van der Waals surface area contributed by atoms with Crippen molar-refractivity contribution in [2.24, 2.45) is 5.92 Å². The number of nitrogens with zero attached hydrogens (tertiary/aromatic N) is 1. The fourth-order valence-corrected chi connectivity index (χ4v) is 4.25. The molecule has 0 radical (unpaired) electrons. The van der Waals surface area contributed by atoms with E-state index in [0.717, 1.165) is 0 Å². The van der Waals surface area contributed by atoms with Crippen molar-refractivity contribution in [2.75, 3.05) is 13.6 Å². The van der Waals surface area contributed by atoms with Gasteiger partial charge in [0.25, 0.3) is 0 Å². The molecule has 6 nitrogen and oxygen atoms in total. The summed E-state index contributed by atoms with van der Waals surface area (Å²) in [6, 6.07) is 0. The van der Waals surface area contributed by atoms with Crippen molar-refractivity contribution in [3.8, 4) is 0 Å². The molecule has 3 unspecified atom stereocenters. The molecule has 0 saturated heterocycles. The first kappa shape index (κ1) is 15.4. The molecule has 7 heteroatoms. The second kappa shape index (κ2) is 5.99. The van der Waals surface area contributed by atoms with Gasteiger partial charge in [0.15, 0.2) is 0 Å². The van der Waals surface area contributed by atoms with Crippen LogP contribution in [-0.4, -0.2) is 53.9 Å². The average Bonchev–Trinajstić information content (AvgIpc) is 2.74. The summed E-state index contributed by atoms with van der Waals surface area (Å²) in [4.78, 5) is 11.0. The number of carboxylic acid groups (broad SMARTS) is 1. The molecule has 0 amide bonds. The largest absolute Gasteiger partial charge is 0.481 e. The van der Waals surface area contributed by atoms with Crippen LogP contribution in [0.2, 0.25) is 0 Å². The van der Waals surface area contributed by atoms with Crippen molar-refractivity contribution in [2.45, 2.75) is 44.0 Å². The van der Waals surface area contributed by atoms with Gasteiger partial charge in [-0.3, -0.25) is 4.79 Å². The average molecular weight is 279 g/mol. The van der Waals surface area contributed by atoms with Gasteiger partial charge in [0.1, 0.15) is 0 Å². The highest BCUT2D eigenvalue weighted by atomic mass is 32.2. The van der Waals surface area contributed by atoms with Gasteiger partial charge in [0.2, 0.25) is 10.0 Å². The first-order valence-corrected chi connectivity index (χ1v) is 7.63. The predicted octanol–water partition coefficient (Wildman–Crippen LogP) is 0.272. The highest BCUT2D eigenvalue weighted by Gasteiger charge is 2.43. The molecule has 0 bridgehead atoms. The zero-order valence-corrected chi connectivity index (χ0v) is 11.6. The van der Waals surface area contributed by atoms with Crippen LogP contribution in [0, 0.1) is 5.92 Å². The Balaban J connectivity index is 2.76. The van der Waals surface area contributed by atoms with Crippen LogP contribution in [0.1, 0.15) is 32.6 Å². The van der Waals surface area contributed by atoms with Crippen LogP contribution in [0.4, 0.5) is 0 Å². The van der Waals surface area contributed by atoms with Crippen LogP contribution < -0.4 is 0 Å². The van der Waals surface area contributed by atoms with Crippen molar-refractivity contribution in [3.63, 3.8) is 0 Å². The normalized spacial score (nSPS) is 26.4. The van der Waals surface area contributed by atoms with Crippen molar-refractivity contribution in [3.05, 3.63) is 0 Å².